The number of carbonyl (C=O) groups excluding carboxylic acids is 1. The Morgan fingerprint density at radius 1 is 1.30 bits per heavy atom. The van der Waals surface area contributed by atoms with Crippen LogP contribution in [0.3, 0.4) is 0 Å². The minimum atomic E-state index is -0.459. The molecule has 2 atom stereocenters. The van der Waals surface area contributed by atoms with Gasteiger partial charge in [0.2, 0.25) is 0 Å². The van der Waals surface area contributed by atoms with Gasteiger partial charge in [-0.3, -0.25) is 4.79 Å². The standard InChI is InChI=1S/C14H20BrNO4/c1-8(5-9(2)17)16-14(18)10-6-11(19-3)13(15)12(7-10)20-4/h6-9,17H,5H2,1-4H3,(H,16,18). The van der Waals surface area contributed by atoms with Crippen molar-refractivity contribution in [3.05, 3.63) is 22.2 Å². The zero-order valence-corrected chi connectivity index (χ0v) is 13.7. The van der Waals surface area contributed by atoms with Crippen LogP contribution in [0, 0.1) is 0 Å². The van der Waals surface area contributed by atoms with Crippen LogP contribution in [0.5, 0.6) is 11.5 Å². The largest absolute Gasteiger partial charge is 0.495 e. The Hall–Kier alpha value is -1.27. The van der Waals surface area contributed by atoms with E-state index in [1.165, 1.54) is 14.2 Å². The van der Waals surface area contributed by atoms with Gasteiger partial charge >= 0.3 is 0 Å². The van der Waals surface area contributed by atoms with Gasteiger partial charge in [-0.25, -0.2) is 0 Å². The maximum atomic E-state index is 12.2. The lowest BCUT2D eigenvalue weighted by Crippen LogP contribution is -2.34. The van der Waals surface area contributed by atoms with Crippen molar-refractivity contribution in [2.45, 2.75) is 32.4 Å². The van der Waals surface area contributed by atoms with E-state index in [9.17, 15) is 9.90 Å². The van der Waals surface area contributed by atoms with E-state index >= 15 is 0 Å². The molecule has 2 unspecified atom stereocenters. The van der Waals surface area contributed by atoms with Gasteiger partial charge in [0.25, 0.3) is 5.91 Å². The molecule has 1 rings (SSSR count). The monoisotopic (exact) mass is 345 g/mol. The fourth-order valence-electron chi connectivity index (χ4n) is 1.88. The maximum absolute atomic E-state index is 12.2. The van der Waals surface area contributed by atoms with E-state index in [1.807, 2.05) is 6.92 Å². The number of nitrogens with one attached hydrogen (secondary N) is 1. The summed E-state index contributed by atoms with van der Waals surface area (Å²) >= 11 is 3.35. The molecule has 5 nitrogen and oxygen atoms in total. The number of methoxy groups -OCH3 is 2. The van der Waals surface area contributed by atoms with E-state index in [2.05, 4.69) is 21.2 Å². The molecule has 0 radical (unpaired) electrons. The highest BCUT2D eigenvalue weighted by atomic mass is 79.9. The summed E-state index contributed by atoms with van der Waals surface area (Å²) in [5, 5.41) is 12.1. The number of aliphatic hydroxyl groups excluding tert-OH is 1. The van der Waals surface area contributed by atoms with Crippen molar-refractivity contribution < 1.29 is 19.4 Å². The van der Waals surface area contributed by atoms with E-state index in [4.69, 9.17) is 9.47 Å². The Bertz CT molecular complexity index is 451. The molecule has 0 aliphatic carbocycles. The Labute approximate surface area is 127 Å². The molecule has 0 spiro atoms. The molecule has 0 aliphatic rings. The van der Waals surface area contributed by atoms with Gasteiger partial charge in [-0.1, -0.05) is 0 Å². The van der Waals surface area contributed by atoms with Gasteiger partial charge in [0, 0.05) is 11.6 Å². The van der Waals surface area contributed by atoms with Gasteiger partial charge in [-0.2, -0.15) is 0 Å². The van der Waals surface area contributed by atoms with Crippen LogP contribution in [0.1, 0.15) is 30.6 Å². The summed E-state index contributed by atoms with van der Waals surface area (Å²) in [6.07, 6.45) is 0.0376. The highest BCUT2D eigenvalue weighted by molar-refractivity contribution is 9.10. The molecule has 1 aromatic rings. The fraction of sp³-hybridized carbons (Fsp3) is 0.500. The average Bonchev–Trinajstić information content (AvgIpc) is 2.37. The van der Waals surface area contributed by atoms with Gasteiger partial charge in [0.1, 0.15) is 16.0 Å². The molecule has 0 bridgehead atoms. The number of ether oxygens (including phenoxy) is 2. The van der Waals surface area contributed by atoms with E-state index in [-0.39, 0.29) is 11.9 Å². The quantitative estimate of drug-likeness (QED) is 0.830. The van der Waals surface area contributed by atoms with Crippen LogP contribution < -0.4 is 14.8 Å². The van der Waals surface area contributed by atoms with Gasteiger partial charge in [0.15, 0.2) is 0 Å². The number of halogens is 1. The number of aliphatic hydroxyl groups is 1. The van der Waals surface area contributed by atoms with Gasteiger partial charge in [-0.15, -0.1) is 0 Å². The smallest absolute Gasteiger partial charge is 0.251 e. The first kappa shape index (κ1) is 16.8. The van der Waals surface area contributed by atoms with Crippen molar-refractivity contribution in [3.8, 4) is 11.5 Å². The summed E-state index contributed by atoms with van der Waals surface area (Å²) in [6.45, 7) is 3.53. The van der Waals surface area contributed by atoms with Crippen molar-refractivity contribution >= 4 is 21.8 Å². The lowest BCUT2D eigenvalue weighted by molar-refractivity contribution is 0.0922. The van der Waals surface area contributed by atoms with Crippen LogP contribution in [-0.4, -0.2) is 37.4 Å². The molecule has 2 N–H and O–H groups in total. The van der Waals surface area contributed by atoms with Crippen molar-refractivity contribution in [2.75, 3.05) is 14.2 Å². The molecule has 0 fully saturated rings. The van der Waals surface area contributed by atoms with Crippen molar-refractivity contribution in [1.82, 2.24) is 5.32 Å². The molecule has 0 saturated carbocycles. The molecular weight excluding hydrogens is 326 g/mol. The highest BCUT2D eigenvalue weighted by Crippen LogP contribution is 2.35. The second kappa shape index (κ2) is 7.50. The lowest BCUT2D eigenvalue weighted by Gasteiger charge is -2.16. The summed E-state index contributed by atoms with van der Waals surface area (Å²) in [6, 6.07) is 3.15. The second-order valence-corrected chi connectivity index (χ2v) is 5.45. The predicted molar refractivity (Wildman–Crippen MR) is 80.5 cm³/mol. The molecule has 0 heterocycles. The van der Waals surface area contributed by atoms with Crippen LogP contribution in [-0.2, 0) is 0 Å². The summed E-state index contributed by atoms with van der Waals surface area (Å²) < 4.78 is 11.1. The third-order valence-electron chi connectivity index (χ3n) is 2.78. The van der Waals surface area contributed by atoms with Crippen molar-refractivity contribution in [3.63, 3.8) is 0 Å². The number of rotatable bonds is 6. The Morgan fingerprint density at radius 3 is 2.20 bits per heavy atom. The van der Waals surface area contributed by atoms with E-state index < -0.39 is 6.10 Å². The number of amides is 1. The van der Waals surface area contributed by atoms with Crippen LogP contribution in [0.2, 0.25) is 0 Å². The molecule has 112 valence electrons. The molecule has 0 aliphatic heterocycles. The first-order chi connectivity index (χ1) is 9.38. The topological polar surface area (TPSA) is 67.8 Å². The van der Waals surface area contributed by atoms with Crippen molar-refractivity contribution in [1.29, 1.82) is 0 Å². The van der Waals surface area contributed by atoms with Crippen molar-refractivity contribution in [2.24, 2.45) is 0 Å². The molecular formula is C14H20BrNO4. The van der Waals surface area contributed by atoms with E-state index in [0.717, 1.165) is 0 Å². The number of hydrogen-bond acceptors (Lipinski definition) is 4. The summed E-state index contributed by atoms with van der Waals surface area (Å²) in [5.74, 6) is 0.817. The Morgan fingerprint density at radius 2 is 1.80 bits per heavy atom. The van der Waals surface area contributed by atoms with Crippen LogP contribution in [0.4, 0.5) is 0 Å². The third-order valence-corrected chi connectivity index (χ3v) is 3.56. The van der Waals surface area contributed by atoms with Crippen LogP contribution in [0.15, 0.2) is 16.6 Å². The minimum absolute atomic E-state index is 0.122. The second-order valence-electron chi connectivity index (χ2n) is 4.65. The van der Waals surface area contributed by atoms with Crippen LogP contribution in [0.25, 0.3) is 0 Å². The van der Waals surface area contributed by atoms with Crippen LogP contribution >= 0.6 is 15.9 Å². The zero-order chi connectivity index (χ0) is 15.3. The summed E-state index contributed by atoms with van der Waals surface area (Å²) in [7, 11) is 3.05. The molecule has 0 aromatic heterocycles. The minimum Gasteiger partial charge on any atom is -0.495 e. The number of carbonyl (C=O) groups is 1. The zero-order valence-electron chi connectivity index (χ0n) is 12.1. The first-order valence-corrected chi connectivity index (χ1v) is 7.08. The summed E-state index contributed by atoms with van der Waals surface area (Å²) in [4.78, 5) is 12.2. The van der Waals surface area contributed by atoms with E-state index in [1.54, 1.807) is 19.1 Å². The van der Waals surface area contributed by atoms with Gasteiger partial charge < -0.3 is 19.9 Å². The molecule has 1 amide bonds. The molecule has 6 heteroatoms. The summed E-state index contributed by atoms with van der Waals surface area (Å²) in [5.41, 5.74) is 0.444. The normalized spacial score (nSPS) is 13.5. The first-order valence-electron chi connectivity index (χ1n) is 6.29. The van der Waals surface area contributed by atoms with Gasteiger partial charge in [-0.05, 0) is 48.3 Å². The Balaban J connectivity index is 2.93. The van der Waals surface area contributed by atoms with Gasteiger partial charge in [0.05, 0.1) is 20.3 Å². The number of hydrogen-bond donors (Lipinski definition) is 2. The molecule has 20 heavy (non-hydrogen) atoms. The molecule has 1 aromatic carbocycles. The SMILES string of the molecule is COc1cc(C(=O)NC(C)CC(C)O)cc(OC)c1Br. The Kier molecular flexibility index (Phi) is 6.29. The predicted octanol–water partition coefficient (Wildman–Crippen LogP) is 2.36. The lowest BCUT2D eigenvalue weighted by atomic mass is 10.1. The third kappa shape index (κ3) is 4.38. The van der Waals surface area contributed by atoms with E-state index in [0.29, 0.717) is 28.0 Å². The maximum Gasteiger partial charge on any atom is 0.251 e. The fourth-order valence-corrected chi connectivity index (χ4v) is 2.43. The molecule has 0 saturated heterocycles. The number of benzene rings is 1. The highest BCUT2D eigenvalue weighted by Gasteiger charge is 2.16. The average molecular weight is 346 g/mol.